The fourth-order valence-corrected chi connectivity index (χ4v) is 2.81. The molecule has 2 aliphatic carbocycles. The van der Waals surface area contributed by atoms with Gasteiger partial charge in [-0.15, -0.1) is 0 Å². The first-order valence-corrected chi connectivity index (χ1v) is 4.35. The van der Waals surface area contributed by atoms with E-state index in [0.717, 1.165) is 5.92 Å². The molecule has 0 amide bonds. The van der Waals surface area contributed by atoms with Crippen LogP contribution in [-0.2, 0) is 0 Å². The van der Waals surface area contributed by atoms with E-state index in [4.69, 9.17) is 0 Å². The topological polar surface area (TPSA) is 12.4 Å². The van der Waals surface area contributed by atoms with E-state index >= 15 is 0 Å². The molecule has 56 valence electrons. The van der Waals surface area contributed by atoms with E-state index in [9.17, 15) is 0 Å². The van der Waals surface area contributed by atoms with Crippen molar-refractivity contribution >= 4 is 6.72 Å². The maximum Gasteiger partial charge on any atom is 0.0629 e. The zero-order valence-corrected chi connectivity index (χ0v) is 6.47. The number of hydrogen-bond donors (Lipinski definition) is 0. The number of aliphatic imine (C=N–C) groups is 1. The van der Waals surface area contributed by atoms with Crippen molar-refractivity contribution in [2.45, 2.75) is 44.1 Å². The van der Waals surface area contributed by atoms with Gasteiger partial charge in [0, 0.05) is 0 Å². The normalized spacial score (nSPS) is 45.4. The summed E-state index contributed by atoms with van der Waals surface area (Å²) in [6.07, 6.45) is 8.26. The average Bonchev–Trinajstić information content (AvgIpc) is 2.42. The Kier molecular flexibility index (Phi) is 1.33. The maximum absolute atomic E-state index is 4.33. The minimum absolute atomic E-state index is 0.361. The van der Waals surface area contributed by atoms with Gasteiger partial charge < -0.3 is 0 Å². The van der Waals surface area contributed by atoms with Crippen molar-refractivity contribution in [1.29, 1.82) is 0 Å². The van der Waals surface area contributed by atoms with E-state index in [1.165, 1.54) is 38.5 Å². The van der Waals surface area contributed by atoms with Gasteiger partial charge in [0.15, 0.2) is 0 Å². The molecule has 0 aromatic heterocycles. The summed E-state index contributed by atoms with van der Waals surface area (Å²) in [5.41, 5.74) is 0.361. The van der Waals surface area contributed by atoms with Crippen molar-refractivity contribution in [3.8, 4) is 0 Å². The highest BCUT2D eigenvalue weighted by molar-refractivity contribution is 5.27. The smallest absolute Gasteiger partial charge is 0.0629 e. The van der Waals surface area contributed by atoms with Crippen LogP contribution in [0.2, 0.25) is 0 Å². The second kappa shape index (κ2) is 2.08. The summed E-state index contributed by atoms with van der Waals surface area (Å²) in [5, 5.41) is 0. The Balaban J connectivity index is 2.23. The molecule has 2 aliphatic rings. The first-order chi connectivity index (χ1) is 4.87. The summed E-state index contributed by atoms with van der Waals surface area (Å²) in [6.45, 7) is 3.73. The Bertz CT molecular complexity index is 141. The number of fused-ring (bicyclic) bond motifs is 1. The molecule has 0 bridgehead atoms. The van der Waals surface area contributed by atoms with Crippen LogP contribution in [-0.4, -0.2) is 12.3 Å². The van der Waals surface area contributed by atoms with Crippen molar-refractivity contribution in [2.24, 2.45) is 10.9 Å². The van der Waals surface area contributed by atoms with Crippen LogP contribution in [0.25, 0.3) is 0 Å². The van der Waals surface area contributed by atoms with Gasteiger partial charge in [-0.3, -0.25) is 4.99 Å². The SMILES string of the molecule is C=NC12CCCC1CCC2. The maximum atomic E-state index is 4.33. The minimum atomic E-state index is 0.361. The average molecular weight is 137 g/mol. The van der Waals surface area contributed by atoms with E-state index < -0.39 is 0 Å². The zero-order chi connectivity index (χ0) is 7.03. The third-order valence-corrected chi connectivity index (χ3v) is 3.40. The fourth-order valence-electron chi connectivity index (χ4n) is 2.81. The summed E-state index contributed by atoms with van der Waals surface area (Å²) in [7, 11) is 0. The molecule has 2 rings (SSSR count). The number of rotatable bonds is 1. The summed E-state index contributed by atoms with van der Waals surface area (Å²) >= 11 is 0. The highest BCUT2D eigenvalue weighted by atomic mass is 14.9. The van der Waals surface area contributed by atoms with Gasteiger partial charge >= 0.3 is 0 Å². The quantitative estimate of drug-likeness (QED) is 0.492. The van der Waals surface area contributed by atoms with Gasteiger partial charge in [0.2, 0.25) is 0 Å². The second-order valence-corrected chi connectivity index (χ2v) is 3.74. The summed E-state index contributed by atoms with van der Waals surface area (Å²) in [6, 6.07) is 0. The third kappa shape index (κ3) is 0.664. The van der Waals surface area contributed by atoms with Gasteiger partial charge in [0.25, 0.3) is 0 Å². The highest BCUT2D eigenvalue weighted by Crippen LogP contribution is 2.49. The standard InChI is InChI=1S/C9H15N/c1-10-9-6-2-4-8(9)5-3-7-9/h8H,1-7H2. The van der Waals surface area contributed by atoms with E-state index in [0.29, 0.717) is 5.54 Å². The largest absolute Gasteiger partial charge is 0.294 e. The Labute approximate surface area is 62.5 Å². The van der Waals surface area contributed by atoms with Crippen LogP contribution in [0.1, 0.15) is 38.5 Å². The van der Waals surface area contributed by atoms with Crippen molar-refractivity contribution in [2.75, 3.05) is 0 Å². The van der Waals surface area contributed by atoms with Crippen LogP contribution < -0.4 is 0 Å². The molecule has 0 aliphatic heterocycles. The molecule has 0 atom stereocenters. The molecular formula is C9H15N. The van der Waals surface area contributed by atoms with Gasteiger partial charge in [-0.1, -0.05) is 12.8 Å². The lowest BCUT2D eigenvalue weighted by molar-refractivity contribution is 0.377. The molecule has 1 nitrogen and oxygen atoms in total. The Morgan fingerprint density at radius 2 is 1.80 bits per heavy atom. The highest BCUT2D eigenvalue weighted by Gasteiger charge is 2.44. The number of nitrogens with zero attached hydrogens (tertiary/aromatic N) is 1. The predicted molar refractivity (Wildman–Crippen MR) is 43.5 cm³/mol. The molecule has 0 saturated heterocycles. The minimum Gasteiger partial charge on any atom is -0.294 e. The van der Waals surface area contributed by atoms with E-state index in [2.05, 4.69) is 11.7 Å². The molecule has 0 radical (unpaired) electrons. The Morgan fingerprint density at radius 3 is 2.20 bits per heavy atom. The molecule has 2 saturated carbocycles. The molecule has 0 unspecified atom stereocenters. The summed E-state index contributed by atoms with van der Waals surface area (Å²) in [5.74, 6) is 0.907. The third-order valence-electron chi connectivity index (χ3n) is 3.40. The molecule has 1 heteroatoms. The van der Waals surface area contributed by atoms with E-state index in [1.54, 1.807) is 0 Å². The fraction of sp³-hybridized carbons (Fsp3) is 0.889. The molecule has 0 aromatic rings. The van der Waals surface area contributed by atoms with E-state index in [-0.39, 0.29) is 0 Å². The van der Waals surface area contributed by atoms with Gasteiger partial charge in [-0.2, -0.15) is 0 Å². The Hall–Kier alpha value is -0.330. The van der Waals surface area contributed by atoms with Crippen molar-refractivity contribution in [3.05, 3.63) is 0 Å². The Morgan fingerprint density at radius 1 is 1.20 bits per heavy atom. The van der Waals surface area contributed by atoms with Crippen LogP contribution in [0.15, 0.2) is 4.99 Å². The van der Waals surface area contributed by atoms with Crippen LogP contribution >= 0.6 is 0 Å². The predicted octanol–water partition coefficient (Wildman–Crippen LogP) is 2.41. The first kappa shape index (κ1) is 6.38. The van der Waals surface area contributed by atoms with Gasteiger partial charge in [0.05, 0.1) is 5.54 Å². The van der Waals surface area contributed by atoms with Crippen LogP contribution in [0, 0.1) is 5.92 Å². The zero-order valence-electron chi connectivity index (χ0n) is 6.47. The molecule has 0 N–H and O–H groups in total. The lowest BCUT2D eigenvalue weighted by atomic mass is 9.91. The summed E-state index contributed by atoms with van der Waals surface area (Å²) < 4.78 is 0. The molecule has 0 aromatic carbocycles. The lowest BCUT2D eigenvalue weighted by Crippen LogP contribution is -2.24. The molecule has 0 heterocycles. The van der Waals surface area contributed by atoms with Crippen LogP contribution in [0.5, 0.6) is 0 Å². The second-order valence-electron chi connectivity index (χ2n) is 3.74. The van der Waals surface area contributed by atoms with Crippen LogP contribution in [0.4, 0.5) is 0 Å². The molecule has 2 fully saturated rings. The number of hydrogen-bond acceptors (Lipinski definition) is 1. The van der Waals surface area contributed by atoms with Crippen molar-refractivity contribution in [1.82, 2.24) is 0 Å². The molecular weight excluding hydrogens is 122 g/mol. The monoisotopic (exact) mass is 137 g/mol. The van der Waals surface area contributed by atoms with Crippen molar-refractivity contribution < 1.29 is 0 Å². The van der Waals surface area contributed by atoms with E-state index in [1.807, 2.05) is 0 Å². The lowest BCUT2D eigenvalue weighted by Gasteiger charge is -2.23. The molecule has 10 heavy (non-hydrogen) atoms. The van der Waals surface area contributed by atoms with Gasteiger partial charge in [0.1, 0.15) is 0 Å². The molecule has 0 spiro atoms. The van der Waals surface area contributed by atoms with Gasteiger partial charge in [-0.05, 0) is 38.3 Å². The van der Waals surface area contributed by atoms with Gasteiger partial charge in [-0.25, -0.2) is 0 Å². The van der Waals surface area contributed by atoms with Crippen LogP contribution in [0.3, 0.4) is 0 Å². The van der Waals surface area contributed by atoms with Crippen molar-refractivity contribution in [3.63, 3.8) is 0 Å². The first-order valence-electron chi connectivity index (χ1n) is 4.35. The summed E-state index contributed by atoms with van der Waals surface area (Å²) in [4.78, 5) is 4.33.